The summed E-state index contributed by atoms with van der Waals surface area (Å²) in [5.74, 6) is -3.30. The zero-order chi connectivity index (χ0) is 40.5. The number of fused-ring (bicyclic) bond motifs is 3. The number of hydrogen-bond acceptors (Lipinski definition) is 11. The van der Waals surface area contributed by atoms with Crippen LogP contribution in [0.1, 0.15) is 104 Å². The Balaban J connectivity index is 1.46. The number of esters is 3. The predicted molar refractivity (Wildman–Crippen MR) is 205 cm³/mol. The van der Waals surface area contributed by atoms with Gasteiger partial charge in [-0.1, -0.05) is 83.1 Å². The van der Waals surface area contributed by atoms with Crippen molar-refractivity contribution >= 4 is 17.9 Å². The Bertz CT molecular complexity index is 1840. The number of rotatable bonds is 10. The zero-order valence-corrected chi connectivity index (χ0v) is 34.0. The molecule has 13 atom stereocenters. The molecular weight excluding hydrogens is 716 g/mol. The van der Waals surface area contributed by atoms with E-state index in [4.69, 9.17) is 28.4 Å². The van der Waals surface area contributed by atoms with E-state index in [9.17, 15) is 24.6 Å². The van der Waals surface area contributed by atoms with E-state index in [1.807, 2.05) is 71.0 Å². The molecule has 0 radical (unpaired) electrons. The fraction of sp³-hybridized carbons (Fsp3) is 0.622. The molecule has 2 saturated carbocycles. The summed E-state index contributed by atoms with van der Waals surface area (Å²) in [6.45, 7) is 16.7. The van der Waals surface area contributed by atoms with Crippen LogP contribution in [0.15, 0.2) is 71.8 Å². The van der Waals surface area contributed by atoms with E-state index in [1.54, 1.807) is 38.1 Å². The van der Waals surface area contributed by atoms with E-state index in [1.165, 1.54) is 6.92 Å². The van der Waals surface area contributed by atoms with Crippen LogP contribution in [0.3, 0.4) is 0 Å². The number of aliphatic hydroxyl groups excluding tert-OH is 1. The largest absolute Gasteiger partial charge is 0.457 e. The van der Waals surface area contributed by atoms with Crippen molar-refractivity contribution in [2.45, 2.75) is 136 Å². The molecule has 304 valence electrons. The van der Waals surface area contributed by atoms with Crippen molar-refractivity contribution in [2.24, 2.45) is 34.5 Å². The van der Waals surface area contributed by atoms with E-state index >= 15 is 0 Å². The summed E-state index contributed by atoms with van der Waals surface area (Å²) in [7, 11) is 0. The van der Waals surface area contributed by atoms with Crippen LogP contribution in [0.2, 0.25) is 0 Å². The highest BCUT2D eigenvalue weighted by Gasteiger charge is 2.80. The molecule has 0 spiro atoms. The second-order valence-electron chi connectivity index (χ2n) is 18.1. The van der Waals surface area contributed by atoms with Crippen molar-refractivity contribution in [3.63, 3.8) is 0 Å². The lowest BCUT2D eigenvalue weighted by Crippen LogP contribution is -2.79. The van der Waals surface area contributed by atoms with Crippen molar-refractivity contribution < 1.29 is 53.0 Å². The predicted octanol–water partition coefficient (Wildman–Crippen LogP) is 6.50. The summed E-state index contributed by atoms with van der Waals surface area (Å²) in [5.41, 5.74) is -2.77. The number of aliphatic hydroxyl groups is 2. The molecule has 0 bridgehead atoms. The van der Waals surface area contributed by atoms with Crippen molar-refractivity contribution in [2.75, 3.05) is 6.61 Å². The average molecular weight is 775 g/mol. The molecule has 2 N–H and O–H groups in total. The maximum atomic E-state index is 14.5. The Morgan fingerprint density at radius 1 is 0.964 bits per heavy atom. The van der Waals surface area contributed by atoms with Gasteiger partial charge in [0, 0.05) is 36.7 Å². The Hall–Kier alpha value is -3.61. The minimum atomic E-state index is -1.63. The monoisotopic (exact) mass is 774 g/mol. The highest BCUT2D eigenvalue weighted by atomic mass is 16.7. The van der Waals surface area contributed by atoms with Crippen LogP contribution in [0.25, 0.3) is 0 Å². The van der Waals surface area contributed by atoms with Gasteiger partial charge >= 0.3 is 17.9 Å². The summed E-state index contributed by atoms with van der Waals surface area (Å²) in [6, 6.07) is 18.3. The fourth-order valence-corrected chi connectivity index (χ4v) is 11.4. The summed E-state index contributed by atoms with van der Waals surface area (Å²) in [4.78, 5) is 41.5. The second-order valence-corrected chi connectivity index (χ2v) is 18.1. The molecule has 2 aromatic carbocycles. The van der Waals surface area contributed by atoms with Crippen LogP contribution in [-0.2, 0) is 38.0 Å². The third-order valence-electron chi connectivity index (χ3n) is 13.8. The molecule has 0 aromatic heterocycles. The zero-order valence-electron chi connectivity index (χ0n) is 34.0. The number of benzene rings is 2. The SMILES string of the molecule is CC(=O)O[C@@]12CO[C@@H]1C[C@@H]1O[C@H](c3ccccc3)O[C@H]3[C@@H](C)C4=C(C)[C@@H](OC(=O)[C@H](O)[C@@H](C)CC(C)C)C[C@@]4(C(C)(C)O)[C@@H](OC(=O)c4ccccc4)[C@H]2[C@@]13C. The van der Waals surface area contributed by atoms with E-state index in [0.29, 0.717) is 24.0 Å². The van der Waals surface area contributed by atoms with Crippen LogP contribution >= 0.6 is 0 Å². The number of carbonyl (C=O) groups excluding carboxylic acids is 3. The first-order chi connectivity index (χ1) is 26.4. The fourth-order valence-electron chi connectivity index (χ4n) is 11.4. The molecule has 2 aromatic rings. The summed E-state index contributed by atoms with van der Waals surface area (Å²) in [5, 5.41) is 24.0. The molecule has 2 saturated heterocycles. The minimum Gasteiger partial charge on any atom is -0.457 e. The van der Waals surface area contributed by atoms with Crippen LogP contribution in [-0.4, -0.2) is 82.6 Å². The van der Waals surface area contributed by atoms with Gasteiger partial charge in [-0.3, -0.25) is 4.79 Å². The Morgan fingerprint density at radius 2 is 1.61 bits per heavy atom. The minimum absolute atomic E-state index is 0.0282. The molecule has 2 aliphatic heterocycles. The standard InChI is InChI=1S/C45H58O11/c1-24(2)20-25(3)35(47)40(49)52-31-22-44(42(7,8)50)34(26(31)4)27(5)37-43(9)32(53-41(55-37)30-18-14-11-15-19-30)21-33-45(23-51-33,56-28(6)46)36(43)38(44)54-39(48)29-16-12-10-13-17-29/h10-19,24-25,27,31-33,35-38,41,47,50H,20-23H2,1-9H3/t25-,27-,31-,32-,33+,35+,36-,37-,38-,41-,43+,44-,45-/m0/s1. The molecule has 0 amide bonds. The first-order valence-corrected chi connectivity index (χ1v) is 20.1. The topological polar surface area (TPSA) is 147 Å². The third kappa shape index (κ3) is 6.33. The first kappa shape index (κ1) is 40.6. The number of hydrogen-bond donors (Lipinski definition) is 2. The van der Waals surface area contributed by atoms with Gasteiger partial charge in [0.1, 0.15) is 18.3 Å². The van der Waals surface area contributed by atoms with Crippen LogP contribution in [0.4, 0.5) is 0 Å². The van der Waals surface area contributed by atoms with Gasteiger partial charge in [0.05, 0.1) is 41.3 Å². The number of carbonyl (C=O) groups is 3. The molecule has 4 fully saturated rings. The van der Waals surface area contributed by atoms with Gasteiger partial charge in [0.2, 0.25) is 0 Å². The lowest BCUT2D eigenvalue weighted by molar-refractivity contribution is -0.399. The van der Waals surface area contributed by atoms with Crippen LogP contribution in [0.5, 0.6) is 0 Å². The van der Waals surface area contributed by atoms with Gasteiger partial charge in [-0.25, -0.2) is 9.59 Å². The Labute approximate surface area is 330 Å². The molecule has 11 nitrogen and oxygen atoms in total. The highest BCUT2D eigenvalue weighted by molar-refractivity contribution is 5.89. The van der Waals surface area contributed by atoms with Gasteiger partial charge in [-0.2, -0.15) is 0 Å². The van der Waals surface area contributed by atoms with Crippen LogP contribution in [0, 0.1) is 34.5 Å². The molecule has 5 aliphatic rings. The van der Waals surface area contributed by atoms with Gasteiger partial charge < -0.3 is 38.6 Å². The number of ether oxygens (including phenoxy) is 6. The maximum Gasteiger partial charge on any atom is 0.338 e. The smallest absolute Gasteiger partial charge is 0.338 e. The van der Waals surface area contributed by atoms with Gasteiger partial charge in [0.25, 0.3) is 0 Å². The Kier molecular flexibility index (Phi) is 10.6. The van der Waals surface area contributed by atoms with Gasteiger partial charge in [-0.05, 0) is 62.3 Å². The van der Waals surface area contributed by atoms with Crippen molar-refractivity contribution in [1.82, 2.24) is 0 Å². The summed E-state index contributed by atoms with van der Waals surface area (Å²) in [6.07, 6.45) is -4.94. The molecule has 7 rings (SSSR count). The quantitative estimate of drug-likeness (QED) is 0.155. The highest BCUT2D eigenvalue weighted by Crippen LogP contribution is 2.71. The van der Waals surface area contributed by atoms with E-state index in [0.717, 1.165) is 11.1 Å². The maximum absolute atomic E-state index is 14.5. The van der Waals surface area contributed by atoms with Crippen molar-refractivity contribution in [3.8, 4) is 0 Å². The molecule has 0 unspecified atom stereocenters. The van der Waals surface area contributed by atoms with Crippen LogP contribution < -0.4 is 0 Å². The molecular formula is C45H58O11. The normalized spacial score (nSPS) is 37.2. The Morgan fingerprint density at radius 3 is 2.18 bits per heavy atom. The molecule has 3 aliphatic carbocycles. The van der Waals surface area contributed by atoms with E-state index in [2.05, 4.69) is 6.92 Å². The second kappa shape index (κ2) is 14.6. The van der Waals surface area contributed by atoms with Gasteiger partial charge in [0.15, 0.2) is 18.0 Å². The molecule has 11 heteroatoms. The van der Waals surface area contributed by atoms with E-state index < -0.39 is 94.7 Å². The lowest BCUT2D eigenvalue weighted by atomic mass is 9.49. The van der Waals surface area contributed by atoms with Gasteiger partial charge in [-0.15, -0.1) is 0 Å². The summed E-state index contributed by atoms with van der Waals surface area (Å²) < 4.78 is 39.9. The van der Waals surface area contributed by atoms with Crippen molar-refractivity contribution in [1.29, 1.82) is 0 Å². The molecule has 2 heterocycles. The molecule has 56 heavy (non-hydrogen) atoms. The average Bonchev–Trinajstić information content (AvgIpc) is 3.41. The summed E-state index contributed by atoms with van der Waals surface area (Å²) >= 11 is 0. The lowest BCUT2D eigenvalue weighted by Gasteiger charge is -2.67. The van der Waals surface area contributed by atoms with E-state index in [-0.39, 0.29) is 24.9 Å². The third-order valence-corrected chi connectivity index (χ3v) is 13.8. The van der Waals surface area contributed by atoms with Crippen molar-refractivity contribution in [3.05, 3.63) is 82.9 Å². The first-order valence-electron chi connectivity index (χ1n) is 20.1.